The minimum absolute atomic E-state index is 0.00195. The van der Waals surface area contributed by atoms with Crippen molar-refractivity contribution in [3.63, 3.8) is 0 Å². The number of benzene rings is 2. The maximum atomic E-state index is 12.1. The first-order chi connectivity index (χ1) is 11.4. The molecule has 2 aromatic rings. The van der Waals surface area contributed by atoms with E-state index < -0.39 is 15.4 Å². The van der Waals surface area contributed by atoms with E-state index >= 15 is 0 Å². The van der Waals surface area contributed by atoms with Gasteiger partial charge in [0.25, 0.3) is 0 Å². The fourth-order valence-corrected chi connectivity index (χ4v) is 4.58. The summed E-state index contributed by atoms with van der Waals surface area (Å²) in [5.74, 6) is -0.189. The van der Waals surface area contributed by atoms with Gasteiger partial charge in [-0.05, 0) is 47.2 Å². The first kappa shape index (κ1) is 15.2. The van der Waals surface area contributed by atoms with Gasteiger partial charge in [0.2, 0.25) is 10.0 Å². The Hall–Kier alpha value is -2.34. The summed E-state index contributed by atoms with van der Waals surface area (Å²) >= 11 is 0. The van der Waals surface area contributed by atoms with Crippen LogP contribution >= 0.6 is 0 Å². The van der Waals surface area contributed by atoms with Crippen molar-refractivity contribution in [2.24, 2.45) is 0 Å². The van der Waals surface area contributed by atoms with Gasteiger partial charge in [-0.25, -0.2) is 8.42 Å². The number of carbonyl (C=O) groups is 1. The van der Waals surface area contributed by atoms with Crippen LogP contribution in [0.25, 0.3) is 11.1 Å². The molecule has 1 aliphatic heterocycles. The van der Waals surface area contributed by atoms with Crippen molar-refractivity contribution in [3.8, 4) is 11.1 Å². The zero-order valence-electron chi connectivity index (χ0n) is 13.2. The minimum atomic E-state index is -3.25. The van der Waals surface area contributed by atoms with Crippen LogP contribution < -0.4 is 4.72 Å². The monoisotopic (exact) mass is 343 g/mol. The number of ether oxygens (including phenoxy) is 1. The van der Waals surface area contributed by atoms with Gasteiger partial charge in [0.15, 0.2) is 0 Å². The molecule has 24 heavy (non-hydrogen) atoms. The van der Waals surface area contributed by atoms with Crippen LogP contribution in [0.1, 0.15) is 24.0 Å². The predicted octanol–water partition coefficient (Wildman–Crippen LogP) is 2.81. The standard InChI is InChI=1S/C18H17NO4S/c1-23-17(20)18(7-8-18)15-4-2-3-12(10-15)13-5-6-16-14(9-13)11-24(21,22)19-16/h2-6,9-10,19H,7-8,11H2,1H3. The molecule has 124 valence electrons. The summed E-state index contributed by atoms with van der Waals surface area (Å²) in [5, 5.41) is 0. The normalized spacial score (nSPS) is 19.2. The highest BCUT2D eigenvalue weighted by atomic mass is 32.2. The quantitative estimate of drug-likeness (QED) is 0.870. The molecule has 1 fully saturated rings. The average molecular weight is 343 g/mol. The maximum Gasteiger partial charge on any atom is 0.316 e. The van der Waals surface area contributed by atoms with Crippen molar-refractivity contribution in [3.05, 3.63) is 53.6 Å². The number of rotatable bonds is 3. The van der Waals surface area contributed by atoms with Crippen LogP contribution in [-0.4, -0.2) is 21.5 Å². The molecule has 2 aromatic carbocycles. The van der Waals surface area contributed by atoms with Crippen LogP contribution in [-0.2, 0) is 30.7 Å². The molecule has 1 aliphatic carbocycles. The maximum absolute atomic E-state index is 12.1. The number of nitrogens with one attached hydrogen (secondary N) is 1. The fourth-order valence-electron chi connectivity index (χ4n) is 3.33. The van der Waals surface area contributed by atoms with Crippen LogP contribution in [0.15, 0.2) is 42.5 Å². The Bertz CT molecular complexity index is 945. The van der Waals surface area contributed by atoms with Crippen molar-refractivity contribution in [2.45, 2.75) is 24.0 Å². The van der Waals surface area contributed by atoms with E-state index in [9.17, 15) is 13.2 Å². The Morgan fingerprint density at radius 1 is 1.12 bits per heavy atom. The first-order valence-electron chi connectivity index (χ1n) is 7.76. The lowest BCUT2D eigenvalue weighted by molar-refractivity contribution is -0.143. The highest BCUT2D eigenvalue weighted by Crippen LogP contribution is 2.49. The molecule has 6 heteroatoms. The molecule has 0 amide bonds. The summed E-state index contributed by atoms with van der Waals surface area (Å²) in [4.78, 5) is 12.1. The third kappa shape index (κ3) is 2.38. The summed E-state index contributed by atoms with van der Waals surface area (Å²) in [6.45, 7) is 0. The second kappa shape index (κ2) is 5.08. The second-order valence-electron chi connectivity index (χ2n) is 6.39. The van der Waals surface area contributed by atoms with E-state index in [-0.39, 0.29) is 11.7 Å². The van der Waals surface area contributed by atoms with Crippen molar-refractivity contribution in [1.29, 1.82) is 0 Å². The topological polar surface area (TPSA) is 72.5 Å². The Morgan fingerprint density at radius 2 is 1.88 bits per heavy atom. The zero-order valence-corrected chi connectivity index (χ0v) is 14.0. The van der Waals surface area contributed by atoms with Gasteiger partial charge in [0, 0.05) is 0 Å². The summed E-state index contributed by atoms with van der Waals surface area (Å²) < 4.78 is 30.8. The summed E-state index contributed by atoms with van der Waals surface area (Å²) in [6.07, 6.45) is 1.60. The minimum Gasteiger partial charge on any atom is -0.468 e. The first-order valence-corrected chi connectivity index (χ1v) is 9.41. The Labute approximate surface area is 140 Å². The number of fused-ring (bicyclic) bond motifs is 1. The summed E-state index contributed by atoms with van der Waals surface area (Å²) in [7, 11) is -1.83. The molecule has 1 saturated carbocycles. The Balaban J connectivity index is 1.72. The summed E-state index contributed by atoms with van der Waals surface area (Å²) in [6, 6.07) is 13.4. The largest absolute Gasteiger partial charge is 0.468 e. The molecule has 0 saturated heterocycles. The van der Waals surface area contributed by atoms with Crippen molar-refractivity contribution in [2.75, 3.05) is 11.8 Å². The van der Waals surface area contributed by atoms with Gasteiger partial charge >= 0.3 is 5.97 Å². The van der Waals surface area contributed by atoms with Gasteiger partial charge in [0.05, 0.1) is 24.0 Å². The van der Waals surface area contributed by atoms with Gasteiger partial charge in [-0.1, -0.05) is 30.3 Å². The predicted molar refractivity (Wildman–Crippen MR) is 91.1 cm³/mol. The number of anilines is 1. The number of methoxy groups -OCH3 is 1. The molecule has 2 aliphatic rings. The molecule has 1 N–H and O–H groups in total. The second-order valence-corrected chi connectivity index (χ2v) is 8.11. The molecule has 1 heterocycles. The molecular formula is C18H17NO4S. The van der Waals surface area contributed by atoms with E-state index in [0.717, 1.165) is 35.1 Å². The van der Waals surface area contributed by atoms with Crippen molar-refractivity contribution >= 4 is 21.7 Å². The SMILES string of the molecule is COC(=O)C1(c2cccc(-c3ccc4c(c3)CS(=O)(=O)N4)c2)CC1. The zero-order chi connectivity index (χ0) is 16.9. The van der Waals surface area contributed by atoms with Crippen LogP contribution in [0.4, 0.5) is 5.69 Å². The van der Waals surface area contributed by atoms with E-state index in [4.69, 9.17) is 4.74 Å². The number of hydrogen-bond donors (Lipinski definition) is 1. The Kier molecular flexibility index (Phi) is 3.22. The average Bonchev–Trinajstić information content (AvgIpc) is 3.31. The van der Waals surface area contributed by atoms with Crippen LogP contribution in [0.5, 0.6) is 0 Å². The van der Waals surface area contributed by atoms with Crippen molar-refractivity contribution in [1.82, 2.24) is 0 Å². The highest BCUT2D eigenvalue weighted by Gasteiger charge is 2.52. The van der Waals surface area contributed by atoms with Gasteiger partial charge in [-0.3, -0.25) is 9.52 Å². The van der Waals surface area contributed by atoms with E-state index in [2.05, 4.69) is 4.72 Å². The van der Waals surface area contributed by atoms with Crippen molar-refractivity contribution < 1.29 is 17.9 Å². The lowest BCUT2D eigenvalue weighted by Gasteiger charge is -2.14. The van der Waals surface area contributed by atoms with E-state index in [0.29, 0.717) is 5.69 Å². The van der Waals surface area contributed by atoms with Gasteiger partial charge in [0.1, 0.15) is 0 Å². The third-order valence-corrected chi connectivity index (χ3v) is 6.01. The number of sulfonamides is 1. The van der Waals surface area contributed by atoms with Crippen LogP contribution in [0.3, 0.4) is 0 Å². The van der Waals surface area contributed by atoms with Crippen LogP contribution in [0, 0.1) is 0 Å². The molecule has 0 spiro atoms. The number of esters is 1. The molecular weight excluding hydrogens is 326 g/mol. The lowest BCUT2D eigenvalue weighted by Crippen LogP contribution is -2.21. The molecule has 0 atom stereocenters. The Morgan fingerprint density at radius 3 is 2.58 bits per heavy atom. The lowest BCUT2D eigenvalue weighted by atomic mass is 9.92. The van der Waals surface area contributed by atoms with E-state index in [1.807, 2.05) is 36.4 Å². The molecule has 0 aromatic heterocycles. The molecule has 0 radical (unpaired) electrons. The van der Waals surface area contributed by atoms with Crippen LogP contribution in [0.2, 0.25) is 0 Å². The molecule has 0 unspecified atom stereocenters. The highest BCUT2D eigenvalue weighted by molar-refractivity contribution is 7.92. The summed E-state index contributed by atoms with van der Waals surface area (Å²) in [5.41, 5.74) is 3.77. The van der Waals surface area contributed by atoms with E-state index in [1.165, 1.54) is 7.11 Å². The fraction of sp³-hybridized carbons (Fsp3) is 0.278. The van der Waals surface area contributed by atoms with Gasteiger partial charge in [-0.15, -0.1) is 0 Å². The number of hydrogen-bond acceptors (Lipinski definition) is 4. The third-order valence-electron chi connectivity index (χ3n) is 4.79. The number of carbonyl (C=O) groups excluding carboxylic acids is 1. The van der Waals surface area contributed by atoms with E-state index in [1.54, 1.807) is 6.07 Å². The van der Waals surface area contributed by atoms with Gasteiger partial charge in [-0.2, -0.15) is 0 Å². The molecule has 0 bridgehead atoms. The van der Waals surface area contributed by atoms with Gasteiger partial charge < -0.3 is 4.74 Å². The molecule has 5 nitrogen and oxygen atoms in total. The molecule has 4 rings (SSSR count). The smallest absolute Gasteiger partial charge is 0.316 e.